The number of benzene rings is 1. The molecule has 21 heavy (non-hydrogen) atoms. The SMILES string of the molecule is PN(P)CC1CCN(CCCSCc2ccccc2)CC1. The van der Waals surface area contributed by atoms with E-state index in [4.69, 9.17) is 0 Å². The molecule has 1 aliphatic rings. The first kappa shape index (κ1) is 17.7. The highest BCUT2D eigenvalue weighted by Gasteiger charge is 2.19. The molecule has 1 fully saturated rings. The number of thioether (sulfide) groups is 1. The van der Waals surface area contributed by atoms with Gasteiger partial charge in [-0.15, -0.1) is 0 Å². The molecule has 0 saturated carbocycles. The fourth-order valence-corrected chi connectivity index (χ4v) is 4.35. The zero-order chi connectivity index (χ0) is 14.9. The minimum atomic E-state index is 0.878. The smallest absolute Gasteiger partial charge is 0.0184 e. The normalized spacial score (nSPS) is 17.5. The van der Waals surface area contributed by atoms with Crippen molar-refractivity contribution >= 4 is 30.5 Å². The molecule has 0 amide bonds. The zero-order valence-corrected chi connectivity index (χ0v) is 15.9. The largest absolute Gasteiger partial charge is 0.303 e. The van der Waals surface area contributed by atoms with E-state index in [1.165, 1.54) is 56.8 Å². The Bertz CT molecular complexity index is 381. The second kappa shape index (κ2) is 10.2. The van der Waals surface area contributed by atoms with Crippen molar-refractivity contribution in [3.05, 3.63) is 35.9 Å². The summed E-state index contributed by atoms with van der Waals surface area (Å²) in [5, 5.41) is 0. The summed E-state index contributed by atoms with van der Waals surface area (Å²) < 4.78 is 2.17. The maximum absolute atomic E-state index is 2.74. The second-order valence-electron chi connectivity index (χ2n) is 5.87. The van der Waals surface area contributed by atoms with Crippen molar-refractivity contribution in [3.63, 3.8) is 0 Å². The first-order valence-corrected chi connectivity index (χ1v) is 10.0. The minimum Gasteiger partial charge on any atom is -0.303 e. The van der Waals surface area contributed by atoms with Gasteiger partial charge in [0.25, 0.3) is 0 Å². The Labute approximate surface area is 138 Å². The van der Waals surface area contributed by atoms with Gasteiger partial charge in [0.05, 0.1) is 0 Å². The summed E-state index contributed by atoms with van der Waals surface area (Å²) in [5.41, 5.74) is 1.45. The van der Waals surface area contributed by atoms with Crippen LogP contribution in [-0.2, 0) is 5.75 Å². The van der Waals surface area contributed by atoms with Crippen LogP contribution in [0.15, 0.2) is 30.3 Å². The molecule has 2 unspecified atom stereocenters. The van der Waals surface area contributed by atoms with Gasteiger partial charge in [-0.1, -0.05) is 49.1 Å². The van der Waals surface area contributed by atoms with Crippen LogP contribution >= 0.6 is 30.5 Å². The molecule has 0 radical (unpaired) electrons. The van der Waals surface area contributed by atoms with Gasteiger partial charge in [-0.05, 0) is 56.1 Å². The lowest BCUT2D eigenvalue weighted by atomic mass is 9.97. The lowest BCUT2D eigenvalue weighted by molar-refractivity contribution is 0.181. The molecule has 1 saturated heterocycles. The predicted octanol–water partition coefficient (Wildman–Crippen LogP) is 3.90. The summed E-state index contributed by atoms with van der Waals surface area (Å²) in [6.07, 6.45) is 4.04. The van der Waals surface area contributed by atoms with Gasteiger partial charge in [0.15, 0.2) is 0 Å². The number of hydrogen-bond acceptors (Lipinski definition) is 3. The summed E-state index contributed by atoms with van der Waals surface area (Å²) in [7, 11) is 5.49. The van der Waals surface area contributed by atoms with E-state index in [1.807, 2.05) is 0 Å². The zero-order valence-electron chi connectivity index (χ0n) is 12.8. The number of piperidine rings is 1. The van der Waals surface area contributed by atoms with E-state index in [9.17, 15) is 0 Å². The Morgan fingerprint density at radius 3 is 2.52 bits per heavy atom. The molecule has 2 nitrogen and oxygen atoms in total. The molecule has 0 bridgehead atoms. The van der Waals surface area contributed by atoms with E-state index in [0.717, 1.165) is 11.7 Å². The molecular formula is C16H28N2P2S. The van der Waals surface area contributed by atoms with E-state index in [0.29, 0.717) is 0 Å². The Morgan fingerprint density at radius 2 is 1.86 bits per heavy atom. The van der Waals surface area contributed by atoms with Gasteiger partial charge in [0, 0.05) is 12.3 Å². The summed E-state index contributed by atoms with van der Waals surface area (Å²) in [6.45, 7) is 5.05. The molecular weight excluding hydrogens is 314 g/mol. The van der Waals surface area contributed by atoms with Crippen LogP contribution in [0, 0.1) is 5.92 Å². The van der Waals surface area contributed by atoms with Gasteiger partial charge in [0.1, 0.15) is 0 Å². The maximum Gasteiger partial charge on any atom is 0.0184 e. The van der Waals surface area contributed by atoms with Crippen molar-refractivity contribution < 1.29 is 0 Å². The van der Waals surface area contributed by atoms with Gasteiger partial charge in [-0.25, -0.2) is 0 Å². The third-order valence-corrected chi connectivity index (χ3v) is 5.59. The number of rotatable bonds is 8. The number of hydrogen-bond donors (Lipinski definition) is 0. The van der Waals surface area contributed by atoms with E-state index >= 15 is 0 Å². The lowest BCUT2D eigenvalue weighted by Gasteiger charge is -2.33. The molecule has 1 aliphatic heterocycles. The van der Waals surface area contributed by atoms with E-state index in [1.54, 1.807) is 0 Å². The second-order valence-corrected chi connectivity index (χ2v) is 8.90. The highest BCUT2D eigenvalue weighted by Crippen LogP contribution is 2.22. The lowest BCUT2D eigenvalue weighted by Crippen LogP contribution is -2.36. The Hall–Kier alpha value is 0.350. The highest BCUT2D eigenvalue weighted by molar-refractivity contribution is 7.98. The van der Waals surface area contributed by atoms with Crippen LogP contribution in [0.25, 0.3) is 0 Å². The summed E-state index contributed by atoms with van der Waals surface area (Å²) in [5.74, 6) is 3.31. The molecule has 2 rings (SSSR count). The first-order valence-electron chi connectivity index (χ1n) is 7.85. The summed E-state index contributed by atoms with van der Waals surface area (Å²) >= 11 is 2.07. The molecule has 2 atom stereocenters. The van der Waals surface area contributed by atoms with Crippen LogP contribution in [0.5, 0.6) is 0 Å². The number of nitrogens with zero attached hydrogens (tertiary/aromatic N) is 2. The highest BCUT2D eigenvalue weighted by atomic mass is 32.2. The fraction of sp³-hybridized carbons (Fsp3) is 0.625. The van der Waals surface area contributed by atoms with Crippen molar-refractivity contribution in [2.24, 2.45) is 5.92 Å². The molecule has 0 N–H and O–H groups in total. The van der Waals surface area contributed by atoms with E-state index in [2.05, 4.69) is 70.2 Å². The maximum atomic E-state index is 2.74. The molecule has 1 aromatic carbocycles. The predicted molar refractivity (Wildman–Crippen MR) is 103 cm³/mol. The molecule has 0 spiro atoms. The van der Waals surface area contributed by atoms with E-state index in [-0.39, 0.29) is 0 Å². The minimum absolute atomic E-state index is 0.878. The van der Waals surface area contributed by atoms with Crippen LogP contribution in [0.4, 0.5) is 0 Å². The third-order valence-electron chi connectivity index (χ3n) is 4.05. The van der Waals surface area contributed by atoms with Crippen molar-refractivity contribution in [1.82, 2.24) is 9.34 Å². The standard InChI is InChI=1S/C16H28N2P2S/c19-18(20)13-15-7-10-17(11-8-15)9-4-12-21-14-16-5-2-1-3-6-16/h1-3,5-6,15H,4,7-14,19-20H2. The van der Waals surface area contributed by atoms with Crippen molar-refractivity contribution in [2.45, 2.75) is 25.0 Å². The first-order chi connectivity index (χ1) is 10.2. The summed E-state index contributed by atoms with van der Waals surface area (Å²) in [6, 6.07) is 10.8. The average molecular weight is 342 g/mol. The summed E-state index contributed by atoms with van der Waals surface area (Å²) in [4.78, 5) is 2.65. The van der Waals surface area contributed by atoms with Crippen LogP contribution in [0.2, 0.25) is 0 Å². The number of likely N-dealkylation sites (tertiary alicyclic amines) is 1. The van der Waals surface area contributed by atoms with Crippen molar-refractivity contribution in [2.75, 3.05) is 31.9 Å². The van der Waals surface area contributed by atoms with Gasteiger partial charge in [-0.3, -0.25) is 4.44 Å². The Kier molecular flexibility index (Phi) is 8.59. The Morgan fingerprint density at radius 1 is 1.14 bits per heavy atom. The topological polar surface area (TPSA) is 6.48 Å². The third kappa shape index (κ3) is 7.44. The van der Waals surface area contributed by atoms with Crippen LogP contribution in [-0.4, -0.2) is 41.3 Å². The van der Waals surface area contributed by atoms with Crippen LogP contribution in [0.1, 0.15) is 24.8 Å². The molecule has 1 heterocycles. The van der Waals surface area contributed by atoms with Gasteiger partial charge >= 0.3 is 0 Å². The average Bonchev–Trinajstić information content (AvgIpc) is 2.49. The Balaban J connectivity index is 1.50. The molecule has 5 heteroatoms. The molecule has 0 aromatic heterocycles. The molecule has 118 valence electrons. The van der Waals surface area contributed by atoms with Crippen molar-refractivity contribution in [3.8, 4) is 0 Å². The van der Waals surface area contributed by atoms with Crippen molar-refractivity contribution in [1.29, 1.82) is 0 Å². The monoisotopic (exact) mass is 342 g/mol. The van der Waals surface area contributed by atoms with Gasteiger partial charge in [0.2, 0.25) is 0 Å². The van der Waals surface area contributed by atoms with Crippen LogP contribution in [0.3, 0.4) is 0 Å². The van der Waals surface area contributed by atoms with Gasteiger partial charge < -0.3 is 4.90 Å². The quantitative estimate of drug-likeness (QED) is 0.522. The molecule has 0 aliphatic carbocycles. The van der Waals surface area contributed by atoms with Gasteiger partial charge in [-0.2, -0.15) is 11.8 Å². The van der Waals surface area contributed by atoms with Crippen LogP contribution < -0.4 is 0 Å². The fourth-order valence-electron chi connectivity index (χ4n) is 2.85. The molecule has 1 aromatic rings. The van der Waals surface area contributed by atoms with E-state index < -0.39 is 0 Å².